The number of anilines is 1. The molecule has 3 rings (SSSR count). The van der Waals surface area contributed by atoms with Gasteiger partial charge in [0.05, 0.1) is 21.6 Å². The molecular formula is C15H12ClN3OS. The van der Waals surface area contributed by atoms with Crippen LogP contribution in [0.5, 0.6) is 0 Å². The molecular weight excluding hydrogens is 306 g/mol. The first kappa shape index (κ1) is 14.0. The summed E-state index contributed by atoms with van der Waals surface area (Å²) in [6.07, 6.45) is 1.93. The fourth-order valence-electron chi connectivity index (χ4n) is 2.00. The van der Waals surface area contributed by atoms with Crippen molar-refractivity contribution in [3.63, 3.8) is 0 Å². The van der Waals surface area contributed by atoms with Crippen LogP contribution in [0.4, 0.5) is 5.69 Å². The molecule has 21 heavy (non-hydrogen) atoms. The van der Waals surface area contributed by atoms with Crippen molar-refractivity contribution in [3.05, 3.63) is 53.1 Å². The van der Waals surface area contributed by atoms with E-state index in [1.807, 2.05) is 36.6 Å². The number of aromatic amines is 1. The van der Waals surface area contributed by atoms with Crippen molar-refractivity contribution in [2.24, 2.45) is 0 Å². The zero-order chi connectivity index (χ0) is 14.8. The molecule has 106 valence electrons. The number of hydrogen-bond acceptors (Lipinski definition) is 3. The Labute approximate surface area is 130 Å². The van der Waals surface area contributed by atoms with Gasteiger partial charge in [0, 0.05) is 5.69 Å². The number of nitrogens with zero attached hydrogens (tertiary/aromatic N) is 1. The lowest BCUT2D eigenvalue weighted by atomic mass is 10.2. The van der Waals surface area contributed by atoms with E-state index in [1.54, 1.807) is 12.1 Å². The number of H-pyrrole nitrogens is 1. The van der Waals surface area contributed by atoms with Gasteiger partial charge < -0.3 is 10.3 Å². The maximum atomic E-state index is 12.3. The van der Waals surface area contributed by atoms with E-state index in [1.165, 1.54) is 11.8 Å². The van der Waals surface area contributed by atoms with E-state index in [2.05, 4.69) is 15.3 Å². The monoisotopic (exact) mass is 317 g/mol. The van der Waals surface area contributed by atoms with Gasteiger partial charge in [0.1, 0.15) is 0 Å². The van der Waals surface area contributed by atoms with Crippen LogP contribution in [0.1, 0.15) is 10.4 Å². The number of nitrogens with one attached hydrogen (secondary N) is 2. The molecule has 2 N–H and O–H groups in total. The van der Waals surface area contributed by atoms with Crippen LogP contribution in [0.3, 0.4) is 0 Å². The highest BCUT2D eigenvalue weighted by atomic mass is 35.5. The predicted molar refractivity (Wildman–Crippen MR) is 87.3 cm³/mol. The van der Waals surface area contributed by atoms with Crippen molar-refractivity contribution in [1.82, 2.24) is 9.97 Å². The highest BCUT2D eigenvalue weighted by Crippen LogP contribution is 2.25. The van der Waals surface area contributed by atoms with Gasteiger partial charge in [-0.2, -0.15) is 0 Å². The smallest absolute Gasteiger partial charge is 0.257 e. The second kappa shape index (κ2) is 5.79. The van der Waals surface area contributed by atoms with Gasteiger partial charge in [-0.05, 0) is 30.5 Å². The Morgan fingerprint density at radius 3 is 2.76 bits per heavy atom. The van der Waals surface area contributed by atoms with Gasteiger partial charge in [0.25, 0.3) is 5.91 Å². The number of aromatic nitrogens is 2. The van der Waals surface area contributed by atoms with Crippen LogP contribution < -0.4 is 5.32 Å². The van der Waals surface area contributed by atoms with Crippen LogP contribution in [-0.4, -0.2) is 22.1 Å². The standard InChI is InChI=1S/C15H12ClN3OS/c1-21-15-18-12-7-10(11(16)8-13(12)19-15)14(20)17-9-5-3-2-4-6-9/h2-8H,1H3,(H,17,20)(H,18,19). The normalized spacial score (nSPS) is 10.8. The van der Waals surface area contributed by atoms with E-state index in [4.69, 9.17) is 11.6 Å². The zero-order valence-corrected chi connectivity index (χ0v) is 12.8. The summed E-state index contributed by atoms with van der Waals surface area (Å²) >= 11 is 7.71. The topological polar surface area (TPSA) is 57.8 Å². The minimum atomic E-state index is -0.248. The van der Waals surface area contributed by atoms with Crippen molar-refractivity contribution in [2.45, 2.75) is 5.16 Å². The molecule has 0 atom stereocenters. The largest absolute Gasteiger partial charge is 0.333 e. The third-order valence-corrected chi connectivity index (χ3v) is 3.91. The summed E-state index contributed by atoms with van der Waals surface area (Å²) in [5.74, 6) is -0.248. The fourth-order valence-corrected chi connectivity index (χ4v) is 2.65. The minimum absolute atomic E-state index is 0.248. The molecule has 1 aromatic heterocycles. The highest BCUT2D eigenvalue weighted by Gasteiger charge is 2.14. The Bertz CT molecular complexity index is 801. The Morgan fingerprint density at radius 1 is 1.29 bits per heavy atom. The first-order valence-corrected chi connectivity index (χ1v) is 7.87. The second-order valence-electron chi connectivity index (χ2n) is 4.42. The van der Waals surface area contributed by atoms with E-state index in [-0.39, 0.29) is 5.91 Å². The van der Waals surface area contributed by atoms with Crippen molar-refractivity contribution >= 4 is 46.0 Å². The summed E-state index contributed by atoms with van der Waals surface area (Å²) in [5, 5.41) is 4.01. The minimum Gasteiger partial charge on any atom is -0.333 e. The molecule has 1 heterocycles. The number of fused-ring (bicyclic) bond motifs is 1. The first-order chi connectivity index (χ1) is 10.2. The molecule has 0 saturated carbocycles. The molecule has 6 heteroatoms. The number of carbonyl (C=O) groups is 1. The lowest BCUT2D eigenvalue weighted by Gasteiger charge is -2.06. The molecule has 0 saturated heterocycles. The molecule has 1 amide bonds. The summed E-state index contributed by atoms with van der Waals surface area (Å²) in [4.78, 5) is 19.8. The number of carbonyl (C=O) groups excluding carboxylic acids is 1. The van der Waals surface area contributed by atoms with Crippen LogP contribution in [0, 0.1) is 0 Å². The molecule has 0 aliphatic carbocycles. The van der Waals surface area contributed by atoms with Gasteiger partial charge >= 0.3 is 0 Å². The average Bonchev–Trinajstić information content (AvgIpc) is 2.89. The Balaban J connectivity index is 1.95. The average molecular weight is 318 g/mol. The molecule has 0 unspecified atom stereocenters. The lowest BCUT2D eigenvalue weighted by Crippen LogP contribution is -2.12. The number of thioether (sulfide) groups is 1. The quantitative estimate of drug-likeness (QED) is 0.712. The number of hydrogen-bond donors (Lipinski definition) is 2. The summed E-state index contributed by atoms with van der Waals surface area (Å²) in [6.45, 7) is 0. The highest BCUT2D eigenvalue weighted by molar-refractivity contribution is 7.98. The number of halogens is 1. The summed E-state index contributed by atoms with van der Waals surface area (Å²) < 4.78 is 0. The van der Waals surface area contributed by atoms with Crippen molar-refractivity contribution < 1.29 is 4.79 Å². The molecule has 3 aromatic rings. The van der Waals surface area contributed by atoms with Crippen LogP contribution in [-0.2, 0) is 0 Å². The van der Waals surface area contributed by atoms with Crippen LogP contribution in [0.15, 0.2) is 47.6 Å². The van der Waals surface area contributed by atoms with E-state index in [9.17, 15) is 4.79 Å². The van der Waals surface area contributed by atoms with Gasteiger partial charge in [-0.15, -0.1) is 0 Å². The number of imidazole rings is 1. The maximum absolute atomic E-state index is 12.3. The molecule has 0 spiro atoms. The van der Waals surface area contributed by atoms with Gasteiger partial charge in [-0.1, -0.05) is 41.6 Å². The van der Waals surface area contributed by atoms with Gasteiger partial charge in [0.2, 0.25) is 0 Å². The fraction of sp³-hybridized carbons (Fsp3) is 0.0667. The molecule has 2 aromatic carbocycles. The Hall–Kier alpha value is -1.98. The van der Waals surface area contributed by atoms with Crippen molar-refractivity contribution in [3.8, 4) is 0 Å². The van der Waals surface area contributed by atoms with Gasteiger partial charge in [0.15, 0.2) is 5.16 Å². The van der Waals surface area contributed by atoms with E-state index >= 15 is 0 Å². The third kappa shape index (κ3) is 2.89. The Morgan fingerprint density at radius 2 is 2.05 bits per heavy atom. The summed E-state index contributed by atoms with van der Waals surface area (Å²) in [5.41, 5.74) is 2.68. The number of benzene rings is 2. The zero-order valence-electron chi connectivity index (χ0n) is 11.2. The van der Waals surface area contributed by atoms with Crippen molar-refractivity contribution in [1.29, 1.82) is 0 Å². The maximum Gasteiger partial charge on any atom is 0.257 e. The molecule has 0 fully saturated rings. The molecule has 0 radical (unpaired) electrons. The number of para-hydroxylation sites is 1. The number of amides is 1. The SMILES string of the molecule is CSc1nc2cc(C(=O)Nc3ccccc3)c(Cl)cc2[nH]1. The Kier molecular flexibility index (Phi) is 3.86. The summed E-state index contributed by atoms with van der Waals surface area (Å²) in [6, 6.07) is 12.7. The third-order valence-electron chi connectivity index (χ3n) is 3.02. The van der Waals surface area contributed by atoms with Gasteiger partial charge in [-0.3, -0.25) is 4.79 Å². The van der Waals surface area contributed by atoms with Gasteiger partial charge in [-0.25, -0.2) is 4.98 Å². The van der Waals surface area contributed by atoms with E-state index < -0.39 is 0 Å². The van der Waals surface area contributed by atoms with E-state index in [0.717, 1.165) is 21.9 Å². The first-order valence-electron chi connectivity index (χ1n) is 6.27. The number of rotatable bonds is 3. The molecule has 0 aliphatic heterocycles. The molecule has 4 nitrogen and oxygen atoms in total. The molecule has 0 bridgehead atoms. The van der Waals surface area contributed by atoms with Crippen LogP contribution in [0.2, 0.25) is 5.02 Å². The van der Waals surface area contributed by atoms with Crippen LogP contribution >= 0.6 is 23.4 Å². The summed E-state index contributed by atoms with van der Waals surface area (Å²) in [7, 11) is 0. The van der Waals surface area contributed by atoms with Crippen molar-refractivity contribution in [2.75, 3.05) is 11.6 Å². The lowest BCUT2D eigenvalue weighted by molar-refractivity contribution is 0.102. The van der Waals surface area contributed by atoms with Crippen LogP contribution in [0.25, 0.3) is 11.0 Å². The predicted octanol–water partition coefficient (Wildman–Crippen LogP) is 4.19. The second-order valence-corrected chi connectivity index (χ2v) is 5.62. The van der Waals surface area contributed by atoms with E-state index in [0.29, 0.717) is 10.6 Å². The molecule has 0 aliphatic rings.